The van der Waals surface area contributed by atoms with Crippen LogP contribution in [-0.4, -0.2) is 34.6 Å². The molecule has 2 aromatic carbocycles. The Morgan fingerprint density at radius 2 is 2.00 bits per heavy atom. The third-order valence-corrected chi connectivity index (χ3v) is 4.64. The number of aromatic nitrogens is 3. The lowest BCUT2D eigenvalue weighted by Crippen LogP contribution is -2.14. The summed E-state index contributed by atoms with van der Waals surface area (Å²) in [5, 5.41) is 6.81. The van der Waals surface area contributed by atoms with Crippen LogP contribution in [0.3, 0.4) is 0 Å². The lowest BCUT2D eigenvalue weighted by molar-refractivity contribution is 0.102. The molecule has 2 heterocycles. The molecule has 0 aliphatic heterocycles. The fourth-order valence-electron chi connectivity index (χ4n) is 3.04. The van der Waals surface area contributed by atoms with Crippen LogP contribution in [0.5, 0.6) is 11.6 Å². The van der Waals surface area contributed by atoms with Crippen molar-refractivity contribution in [2.45, 2.75) is 6.92 Å². The zero-order chi connectivity index (χ0) is 21.3. The minimum Gasteiger partial charge on any atom is -0.434 e. The number of aryl methyl sites for hydroxylation is 1. The molecule has 0 spiro atoms. The van der Waals surface area contributed by atoms with Crippen LogP contribution >= 0.6 is 0 Å². The molecule has 0 fully saturated rings. The summed E-state index contributed by atoms with van der Waals surface area (Å²) in [7, 11) is 3.79. The van der Waals surface area contributed by atoms with Crippen LogP contribution in [0.4, 0.5) is 15.8 Å². The molecule has 1 N–H and O–H groups in total. The first-order valence-corrected chi connectivity index (χ1v) is 9.27. The standard InChI is InChI=1S/C22H20FN5O2/c1-14-9-10-28-20(14)22(24-13-25-28)30-19-8-7-16(12-18(19)23)26-21(29)15-5-4-6-17(11-15)27(2)3/h4-13H,1-3H3,(H,26,29). The van der Waals surface area contributed by atoms with E-state index in [1.165, 1.54) is 18.5 Å². The van der Waals surface area contributed by atoms with Gasteiger partial charge in [0.15, 0.2) is 11.6 Å². The first-order chi connectivity index (χ1) is 14.4. The average molecular weight is 405 g/mol. The molecule has 0 bridgehead atoms. The number of hydrogen-bond acceptors (Lipinski definition) is 5. The summed E-state index contributed by atoms with van der Waals surface area (Å²) >= 11 is 0. The minimum atomic E-state index is -0.615. The van der Waals surface area contributed by atoms with E-state index in [0.717, 1.165) is 11.3 Å². The van der Waals surface area contributed by atoms with E-state index in [9.17, 15) is 9.18 Å². The number of carbonyl (C=O) groups is 1. The predicted molar refractivity (Wildman–Crippen MR) is 113 cm³/mol. The number of hydrogen-bond donors (Lipinski definition) is 1. The van der Waals surface area contributed by atoms with E-state index in [0.29, 0.717) is 16.8 Å². The van der Waals surface area contributed by atoms with Crippen molar-refractivity contribution in [2.24, 2.45) is 0 Å². The minimum absolute atomic E-state index is 0.00352. The highest BCUT2D eigenvalue weighted by molar-refractivity contribution is 6.04. The molecule has 4 aromatic rings. The van der Waals surface area contributed by atoms with E-state index in [1.54, 1.807) is 35.0 Å². The molecule has 2 aromatic heterocycles. The Labute approximate surface area is 172 Å². The molecule has 152 valence electrons. The Hall–Kier alpha value is -3.94. The van der Waals surface area contributed by atoms with E-state index in [-0.39, 0.29) is 17.5 Å². The SMILES string of the molecule is Cc1ccn2ncnc(Oc3ccc(NC(=O)c4cccc(N(C)C)c4)cc3F)c12. The van der Waals surface area contributed by atoms with Crippen LogP contribution in [-0.2, 0) is 0 Å². The molecule has 0 radical (unpaired) electrons. The van der Waals surface area contributed by atoms with Crippen molar-refractivity contribution < 1.29 is 13.9 Å². The van der Waals surface area contributed by atoms with Crippen LogP contribution in [0.2, 0.25) is 0 Å². The fourth-order valence-corrected chi connectivity index (χ4v) is 3.04. The molecule has 0 aliphatic carbocycles. The second-order valence-corrected chi connectivity index (χ2v) is 7.00. The summed E-state index contributed by atoms with van der Waals surface area (Å²) in [6, 6.07) is 13.3. The normalized spacial score (nSPS) is 10.8. The molecule has 0 atom stereocenters. The summed E-state index contributed by atoms with van der Waals surface area (Å²) < 4.78 is 22.0. The monoisotopic (exact) mass is 405 g/mol. The summed E-state index contributed by atoms with van der Waals surface area (Å²) in [6.45, 7) is 1.89. The number of nitrogens with zero attached hydrogens (tertiary/aromatic N) is 4. The summed E-state index contributed by atoms with van der Waals surface area (Å²) in [6.07, 6.45) is 3.12. The van der Waals surface area contributed by atoms with E-state index in [1.807, 2.05) is 38.1 Å². The maximum atomic E-state index is 14.7. The zero-order valence-corrected chi connectivity index (χ0v) is 16.8. The van der Waals surface area contributed by atoms with Gasteiger partial charge in [0.05, 0.1) is 0 Å². The third kappa shape index (κ3) is 3.80. The molecular formula is C22H20FN5O2. The van der Waals surface area contributed by atoms with Gasteiger partial charge < -0.3 is 15.0 Å². The van der Waals surface area contributed by atoms with Gasteiger partial charge in [-0.15, -0.1) is 0 Å². The number of benzene rings is 2. The Morgan fingerprint density at radius 3 is 2.77 bits per heavy atom. The molecule has 0 unspecified atom stereocenters. The summed E-state index contributed by atoms with van der Waals surface area (Å²) in [4.78, 5) is 18.5. The number of nitrogens with one attached hydrogen (secondary N) is 1. The molecule has 7 nitrogen and oxygen atoms in total. The summed E-state index contributed by atoms with van der Waals surface area (Å²) in [5.41, 5.74) is 3.28. The molecular weight excluding hydrogens is 385 g/mol. The Balaban J connectivity index is 1.54. The van der Waals surface area contributed by atoms with Crippen molar-refractivity contribution in [1.29, 1.82) is 0 Å². The third-order valence-electron chi connectivity index (χ3n) is 4.64. The predicted octanol–water partition coefficient (Wildman–Crippen LogP) is 4.29. The molecule has 0 saturated carbocycles. The van der Waals surface area contributed by atoms with Crippen LogP contribution < -0.4 is 15.0 Å². The average Bonchev–Trinajstić information content (AvgIpc) is 3.12. The number of carbonyl (C=O) groups excluding carboxylic acids is 1. The largest absolute Gasteiger partial charge is 0.434 e. The second kappa shape index (κ2) is 7.82. The number of ether oxygens (including phenoxy) is 1. The maximum Gasteiger partial charge on any atom is 0.255 e. The smallest absolute Gasteiger partial charge is 0.255 e. The van der Waals surface area contributed by atoms with Crippen molar-refractivity contribution in [2.75, 3.05) is 24.3 Å². The van der Waals surface area contributed by atoms with Crippen molar-refractivity contribution in [3.63, 3.8) is 0 Å². The van der Waals surface area contributed by atoms with Gasteiger partial charge in [-0.25, -0.2) is 8.91 Å². The van der Waals surface area contributed by atoms with Gasteiger partial charge in [0.25, 0.3) is 5.91 Å². The highest BCUT2D eigenvalue weighted by Crippen LogP contribution is 2.29. The highest BCUT2D eigenvalue weighted by atomic mass is 19.1. The zero-order valence-electron chi connectivity index (χ0n) is 16.8. The van der Waals surface area contributed by atoms with Gasteiger partial charge in [-0.1, -0.05) is 6.07 Å². The molecule has 0 aliphatic rings. The number of fused-ring (bicyclic) bond motifs is 1. The fraction of sp³-hybridized carbons (Fsp3) is 0.136. The lowest BCUT2D eigenvalue weighted by Gasteiger charge is -2.14. The number of halogens is 1. The summed E-state index contributed by atoms with van der Waals surface area (Å²) in [5.74, 6) is -0.684. The number of rotatable bonds is 5. The van der Waals surface area contributed by atoms with Crippen molar-refractivity contribution in [1.82, 2.24) is 14.6 Å². The van der Waals surface area contributed by atoms with Gasteiger partial charge in [-0.3, -0.25) is 4.79 Å². The molecule has 0 saturated heterocycles. The van der Waals surface area contributed by atoms with Gasteiger partial charge in [-0.2, -0.15) is 10.1 Å². The molecule has 1 amide bonds. The van der Waals surface area contributed by atoms with Crippen LogP contribution in [0.1, 0.15) is 15.9 Å². The Bertz CT molecular complexity index is 1240. The number of amides is 1. The van der Waals surface area contributed by atoms with E-state index < -0.39 is 5.82 Å². The topological polar surface area (TPSA) is 71.8 Å². The Kier molecular flexibility index (Phi) is 5.05. The van der Waals surface area contributed by atoms with Crippen molar-refractivity contribution in [3.05, 3.63) is 78.0 Å². The van der Waals surface area contributed by atoms with Gasteiger partial charge in [0, 0.05) is 43.3 Å². The van der Waals surface area contributed by atoms with E-state index in [4.69, 9.17) is 4.74 Å². The van der Waals surface area contributed by atoms with Gasteiger partial charge >= 0.3 is 0 Å². The first-order valence-electron chi connectivity index (χ1n) is 9.27. The van der Waals surface area contributed by atoms with Crippen molar-refractivity contribution >= 4 is 22.8 Å². The Morgan fingerprint density at radius 1 is 1.17 bits per heavy atom. The van der Waals surface area contributed by atoms with Gasteiger partial charge in [0.2, 0.25) is 5.88 Å². The van der Waals surface area contributed by atoms with Crippen molar-refractivity contribution in [3.8, 4) is 11.6 Å². The van der Waals surface area contributed by atoms with Crippen LogP contribution in [0.25, 0.3) is 5.52 Å². The highest BCUT2D eigenvalue weighted by Gasteiger charge is 2.14. The van der Waals surface area contributed by atoms with Crippen LogP contribution in [0, 0.1) is 12.7 Å². The van der Waals surface area contributed by atoms with E-state index >= 15 is 0 Å². The quantitative estimate of drug-likeness (QED) is 0.536. The molecule has 30 heavy (non-hydrogen) atoms. The molecule has 8 heteroatoms. The second-order valence-electron chi connectivity index (χ2n) is 7.00. The number of anilines is 2. The maximum absolute atomic E-state index is 14.7. The van der Waals surface area contributed by atoms with Gasteiger partial charge in [0.1, 0.15) is 11.8 Å². The molecule has 4 rings (SSSR count). The first kappa shape index (κ1) is 19.4. The lowest BCUT2D eigenvalue weighted by atomic mass is 10.1. The van der Waals surface area contributed by atoms with Gasteiger partial charge in [-0.05, 0) is 48.9 Å². The van der Waals surface area contributed by atoms with Crippen LogP contribution in [0.15, 0.2) is 61.1 Å². The van der Waals surface area contributed by atoms with E-state index in [2.05, 4.69) is 15.4 Å².